The third-order valence-electron chi connectivity index (χ3n) is 5.51. The third-order valence-corrected chi connectivity index (χ3v) is 5.84. The molecule has 1 aromatic heterocycles. The van der Waals surface area contributed by atoms with Gasteiger partial charge < -0.3 is 25.2 Å². The second kappa shape index (κ2) is 14.1. The molecule has 0 aliphatic carbocycles. The van der Waals surface area contributed by atoms with Crippen LogP contribution in [0.2, 0.25) is 5.02 Å². The highest BCUT2D eigenvalue weighted by molar-refractivity contribution is 6.33. The molecule has 10 nitrogen and oxygen atoms in total. The van der Waals surface area contributed by atoms with Gasteiger partial charge in [0, 0.05) is 11.8 Å². The summed E-state index contributed by atoms with van der Waals surface area (Å²) in [4.78, 5) is 49.0. The summed E-state index contributed by atoms with van der Waals surface area (Å²) in [6.45, 7) is 5.83. The molecule has 0 fully saturated rings. The van der Waals surface area contributed by atoms with Crippen molar-refractivity contribution in [2.45, 2.75) is 46.1 Å². The van der Waals surface area contributed by atoms with Crippen molar-refractivity contribution in [3.05, 3.63) is 76.6 Å². The maximum absolute atomic E-state index is 12.8. The quantitative estimate of drug-likeness (QED) is 0.151. The van der Waals surface area contributed by atoms with Gasteiger partial charge in [-0.2, -0.15) is 0 Å². The zero-order chi connectivity index (χ0) is 28.4. The molecule has 3 aromatic rings. The van der Waals surface area contributed by atoms with Crippen LogP contribution in [0.15, 0.2) is 59.1 Å². The number of urea groups is 1. The number of hydrogen-bond donors (Lipinski definition) is 3. The van der Waals surface area contributed by atoms with Gasteiger partial charge in [-0.05, 0) is 49.1 Å². The van der Waals surface area contributed by atoms with Gasteiger partial charge in [0.05, 0.1) is 29.8 Å². The van der Waals surface area contributed by atoms with Gasteiger partial charge in [0.1, 0.15) is 12.1 Å². The molecule has 11 heteroatoms. The topological polar surface area (TPSA) is 140 Å². The lowest BCUT2D eigenvalue weighted by atomic mass is 10.00. The maximum Gasteiger partial charge on any atom is 0.323 e. The average Bonchev–Trinajstić information content (AvgIpc) is 3.37. The number of nitrogens with one attached hydrogen (secondary N) is 3. The molecule has 1 unspecified atom stereocenters. The Morgan fingerprint density at radius 2 is 1.74 bits per heavy atom. The molecule has 0 aliphatic rings. The van der Waals surface area contributed by atoms with E-state index in [9.17, 15) is 19.2 Å². The highest BCUT2D eigenvalue weighted by Crippen LogP contribution is 2.23. The highest BCUT2D eigenvalue weighted by Gasteiger charge is 2.24. The van der Waals surface area contributed by atoms with E-state index in [1.54, 1.807) is 55.5 Å². The molecule has 0 spiro atoms. The molecule has 39 heavy (non-hydrogen) atoms. The van der Waals surface area contributed by atoms with Crippen LogP contribution < -0.4 is 16.0 Å². The lowest BCUT2D eigenvalue weighted by Gasteiger charge is -2.18. The van der Waals surface area contributed by atoms with Gasteiger partial charge >= 0.3 is 12.0 Å². The zero-order valence-corrected chi connectivity index (χ0v) is 22.7. The van der Waals surface area contributed by atoms with Crippen LogP contribution in [0, 0.1) is 5.92 Å². The average molecular weight is 555 g/mol. The Morgan fingerprint density at radius 3 is 2.41 bits per heavy atom. The molecule has 0 saturated heterocycles. The number of hydrogen-bond acceptors (Lipinski definition) is 7. The van der Waals surface area contributed by atoms with Crippen LogP contribution in [-0.4, -0.2) is 35.5 Å². The molecule has 3 amide bonds. The maximum atomic E-state index is 12.8. The van der Waals surface area contributed by atoms with E-state index in [0.717, 1.165) is 5.56 Å². The standard InChI is InChI=1S/C28H31ClN4O6/c1-4-38-27(36)16-24(34)25-15-23(33-39-25)22(13-17(2)3)31-26(35)14-18-9-11-19(12-10-18)30-28(37)32-21-8-6-5-7-20(21)29/h5-12,15,17,22H,4,13-14,16H2,1-3H3,(H,31,35)(H2,30,32,37). The van der Waals surface area contributed by atoms with Crippen molar-refractivity contribution in [3.8, 4) is 0 Å². The minimum absolute atomic E-state index is 0.0669. The fourth-order valence-electron chi connectivity index (χ4n) is 3.72. The number of anilines is 2. The normalized spacial score (nSPS) is 11.5. The number of Topliss-reactive ketones (excluding diaryl/α,β-unsaturated/α-hetero) is 1. The van der Waals surface area contributed by atoms with Crippen molar-refractivity contribution in [1.82, 2.24) is 10.5 Å². The fraction of sp³-hybridized carbons (Fsp3) is 0.321. The second-order valence-electron chi connectivity index (χ2n) is 9.20. The SMILES string of the molecule is CCOC(=O)CC(=O)c1cc(C(CC(C)C)NC(=O)Cc2ccc(NC(=O)Nc3ccccc3Cl)cc2)no1. The number of rotatable bonds is 12. The minimum Gasteiger partial charge on any atom is -0.466 e. The molecule has 0 aliphatic heterocycles. The van der Waals surface area contributed by atoms with Gasteiger partial charge in [-0.3, -0.25) is 14.4 Å². The Labute approximate surface area is 231 Å². The van der Waals surface area contributed by atoms with E-state index >= 15 is 0 Å². The first-order valence-corrected chi connectivity index (χ1v) is 12.9. The van der Waals surface area contributed by atoms with E-state index in [1.807, 2.05) is 13.8 Å². The third kappa shape index (κ3) is 9.26. The van der Waals surface area contributed by atoms with Crippen LogP contribution >= 0.6 is 11.6 Å². The summed E-state index contributed by atoms with van der Waals surface area (Å²) >= 11 is 6.07. The van der Waals surface area contributed by atoms with Gasteiger partial charge in [-0.1, -0.05) is 54.9 Å². The molecule has 0 bridgehead atoms. The molecule has 206 valence electrons. The number of ether oxygens (including phenoxy) is 1. The number of amides is 3. The van der Waals surface area contributed by atoms with Crippen molar-refractivity contribution >= 4 is 46.7 Å². The van der Waals surface area contributed by atoms with Gasteiger partial charge in [-0.25, -0.2) is 4.79 Å². The van der Waals surface area contributed by atoms with Crippen LogP contribution in [0.4, 0.5) is 16.2 Å². The summed E-state index contributed by atoms with van der Waals surface area (Å²) in [6.07, 6.45) is 0.205. The smallest absolute Gasteiger partial charge is 0.323 e. The number of aromatic nitrogens is 1. The Morgan fingerprint density at radius 1 is 1.03 bits per heavy atom. The molecule has 2 aromatic carbocycles. The fourth-order valence-corrected chi connectivity index (χ4v) is 3.91. The minimum atomic E-state index is -0.644. The van der Waals surface area contributed by atoms with Gasteiger partial charge in [0.2, 0.25) is 17.5 Å². The number of carbonyl (C=O) groups excluding carboxylic acids is 4. The number of esters is 1. The first-order chi connectivity index (χ1) is 18.6. The predicted octanol–water partition coefficient (Wildman–Crippen LogP) is 5.55. The van der Waals surface area contributed by atoms with Gasteiger partial charge in [-0.15, -0.1) is 0 Å². The molecule has 0 radical (unpaired) electrons. The van der Waals surface area contributed by atoms with Crippen molar-refractivity contribution < 1.29 is 28.4 Å². The first-order valence-electron chi connectivity index (χ1n) is 12.5. The van der Waals surface area contributed by atoms with E-state index in [0.29, 0.717) is 28.5 Å². The van der Waals surface area contributed by atoms with Crippen LogP contribution in [0.25, 0.3) is 0 Å². The highest BCUT2D eigenvalue weighted by atomic mass is 35.5. The van der Waals surface area contributed by atoms with Crippen LogP contribution in [0.3, 0.4) is 0 Å². The first kappa shape index (κ1) is 29.4. The molecular weight excluding hydrogens is 524 g/mol. The second-order valence-corrected chi connectivity index (χ2v) is 9.61. The lowest BCUT2D eigenvalue weighted by molar-refractivity contribution is -0.142. The Balaban J connectivity index is 1.58. The number of ketones is 1. The van der Waals surface area contributed by atoms with Gasteiger partial charge in [0.15, 0.2) is 0 Å². The van der Waals surface area contributed by atoms with E-state index in [4.69, 9.17) is 20.9 Å². The molecule has 1 heterocycles. The van der Waals surface area contributed by atoms with Crippen LogP contribution in [0.1, 0.15) is 61.5 Å². The molecule has 1 atom stereocenters. The Kier molecular flexibility index (Phi) is 10.6. The summed E-state index contributed by atoms with van der Waals surface area (Å²) in [5.41, 5.74) is 2.17. The molecular formula is C28H31ClN4O6. The van der Waals surface area contributed by atoms with Crippen molar-refractivity contribution in [1.29, 1.82) is 0 Å². The zero-order valence-electron chi connectivity index (χ0n) is 22.0. The van der Waals surface area contributed by atoms with E-state index in [2.05, 4.69) is 21.1 Å². The summed E-state index contributed by atoms with van der Waals surface area (Å²) < 4.78 is 9.95. The van der Waals surface area contributed by atoms with Gasteiger partial charge in [0.25, 0.3) is 0 Å². The molecule has 3 rings (SSSR count). The number of benzene rings is 2. The van der Waals surface area contributed by atoms with Crippen molar-refractivity contribution in [2.24, 2.45) is 5.92 Å². The van der Waals surface area contributed by atoms with Crippen LogP contribution in [-0.2, 0) is 20.7 Å². The Hall–Kier alpha value is -4.18. The Bertz CT molecular complexity index is 1310. The van der Waals surface area contributed by atoms with E-state index < -0.39 is 30.2 Å². The monoisotopic (exact) mass is 554 g/mol. The number of carbonyl (C=O) groups is 4. The largest absolute Gasteiger partial charge is 0.466 e. The van der Waals surface area contributed by atoms with Crippen molar-refractivity contribution in [2.75, 3.05) is 17.2 Å². The van der Waals surface area contributed by atoms with Crippen LogP contribution in [0.5, 0.6) is 0 Å². The number of nitrogens with zero attached hydrogens (tertiary/aromatic N) is 1. The van der Waals surface area contributed by atoms with E-state index in [1.165, 1.54) is 6.07 Å². The molecule has 0 saturated carbocycles. The summed E-state index contributed by atoms with van der Waals surface area (Å²) in [5, 5.41) is 12.7. The summed E-state index contributed by atoms with van der Waals surface area (Å²) in [5.74, 6) is -1.29. The number of para-hydroxylation sites is 1. The number of halogens is 1. The summed E-state index contributed by atoms with van der Waals surface area (Å²) in [6, 6.07) is 14.3. The predicted molar refractivity (Wildman–Crippen MR) is 147 cm³/mol. The van der Waals surface area contributed by atoms with Crippen molar-refractivity contribution in [3.63, 3.8) is 0 Å². The lowest BCUT2D eigenvalue weighted by Crippen LogP contribution is -2.31. The van der Waals surface area contributed by atoms with E-state index in [-0.39, 0.29) is 30.6 Å². The summed E-state index contributed by atoms with van der Waals surface area (Å²) in [7, 11) is 0. The molecule has 3 N–H and O–H groups in total.